The summed E-state index contributed by atoms with van der Waals surface area (Å²) in [6.07, 6.45) is 2.89. The molecule has 1 aromatic carbocycles. The van der Waals surface area contributed by atoms with E-state index in [0.717, 1.165) is 13.1 Å². The van der Waals surface area contributed by atoms with Crippen LogP contribution in [0.3, 0.4) is 0 Å². The van der Waals surface area contributed by atoms with Crippen molar-refractivity contribution >= 4 is 5.97 Å². The van der Waals surface area contributed by atoms with Gasteiger partial charge in [-0.15, -0.1) is 0 Å². The van der Waals surface area contributed by atoms with Gasteiger partial charge >= 0.3 is 5.97 Å². The van der Waals surface area contributed by atoms with E-state index in [1.807, 2.05) is 12.1 Å². The van der Waals surface area contributed by atoms with Gasteiger partial charge in [0.05, 0.1) is 0 Å². The Bertz CT molecular complexity index is 373. The van der Waals surface area contributed by atoms with E-state index in [-0.39, 0.29) is 0 Å². The maximum atomic E-state index is 10.3. The molecule has 0 amide bonds. The quantitative estimate of drug-likeness (QED) is 0.759. The van der Waals surface area contributed by atoms with E-state index in [4.69, 9.17) is 5.11 Å². The van der Waals surface area contributed by atoms with Gasteiger partial charge in [-0.2, -0.15) is 0 Å². The van der Waals surface area contributed by atoms with Gasteiger partial charge in [0.25, 0.3) is 0 Å². The van der Waals surface area contributed by atoms with E-state index < -0.39 is 5.97 Å². The van der Waals surface area contributed by atoms with Crippen LogP contribution in [0.5, 0.6) is 0 Å². The lowest BCUT2D eigenvalue weighted by molar-refractivity contribution is -0.131. The van der Waals surface area contributed by atoms with Gasteiger partial charge in [-0.3, -0.25) is 4.90 Å². The summed E-state index contributed by atoms with van der Waals surface area (Å²) in [5.74, 6) is -0.883. The van der Waals surface area contributed by atoms with Crippen molar-refractivity contribution in [1.82, 2.24) is 4.90 Å². The van der Waals surface area contributed by atoms with E-state index in [1.54, 1.807) is 6.08 Å². The SMILES string of the molecule is O=C(O)/C=C/CN1Cc2ccccc2C1. The first-order chi connectivity index (χ1) is 7.25. The average Bonchev–Trinajstić information content (AvgIpc) is 2.59. The van der Waals surface area contributed by atoms with Gasteiger partial charge in [0.2, 0.25) is 0 Å². The van der Waals surface area contributed by atoms with Crippen molar-refractivity contribution in [3.63, 3.8) is 0 Å². The highest BCUT2D eigenvalue weighted by atomic mass is 16.4. The van der Waals surface area contributed by atoms with Crippen LogP contribution in [0.2, 0.25) is 0 Å². The molecule has 3 heteroatoms. The van der Waals surface area contributed by atoms with Gasteiger partial charge in [0, 0.05) is 25.7 Å². The number of carboxylic acid groups (broad SMARTS) is 1. The van der Waals surface area contributed by atoms with Crippen molar-refractivity contribution < 1.29 is 9.90 Å². The molecule has 3 nitrogen and oxygen atoms in total. The van der Waals surface area contributed by atoms with Gasteiger partial charge < -0.3 is 5.11 Å². The van der Waals surface area contributed by atoms with E-state index in [2.05, 4.69) is 17.0 Å². The average molecular weight is 203 g/mol. The molecule has 0 unspecified atom stereocenters. The fourth-order valence-electron chi connectivity index (χ4n) is 1.84. The Balaban J connectivity index is 1.93. The second-order valence-corrected chi connectivity index (χ2v) is 3.68. The number of nitrogens with zero attached hydrogens (tertiary/aromatic N) is 1. The normalized spacial score (nSPS) is 15.7. The highest BCUT2D eigenvalue weighted by Crippen LogP contribution is 2.21. The number of aliphatic carboxylic acids is 1. The second kappa shape index (κ2) is 4.28. The third-order valence-corrected chi connectivity index (χ3v) is 2.53. The summed E-state index contributed by atoms with van der Waals surface area (Å²) in [7, 11) is 0. The van der Waals surface area contributed by atoms with Crippen LogP contribution in [-0.4, -0.2) is 22.5 Å². The minimum atomic E-state index is -0.883. The summed E-state index contributed by atoms with van der Waals surface area (Å²) >= 11 is 0. The zero-order valence-electron chi connectivity index (χ0n) is 8.39. The van der Waals surface area contributed by atoms with Crippen molar-refractivity contribution in [1.29, 1.82) is 0 Å². The Hall–Kier alpha value is -1.61. The molecule has 1 heterocycles. The molecule has 78 valence electrons. The lowest BCUT2D eigenvalue weighted by Crippen LogP contribution is -2.16. The lowest BCUT2D eigenvalue weighted by Gasteiger charge is -2.10. The van der Waals surface area contributed by atoms with Crippen LogP contribution >= 0.6 is 0 Å². The predicted octanol–water partition coefficient (Wildman–Crippen LogP) is 1.64. The molecule has 0 spiro atoms. The van der Waals surface area contributed by atoms with E-state index in [1.165, 1.54) is 17.2 Å². The molecule has 1 aliphatic rings. The number of fused-ring (bicyclic) bond motifs is 1. The first-order valence-electron chi connectivity index (χ1n) is 4.94. The summed E-state index contributed by atoms with van der Waals surface area (Å²) in [6, 6.07) is 8.32. The third-order valence-electron chi connectivity index (χ3n) is 2.53. The van der Waals surface area contributed by atoms with Crippen LogP contribution in [-0.2, 0) is 17.9 Å². The molecule has 1 aromatic rings. The maximum Gasteiger partial charge on any atom is 0.328 e. The molecule has 1 N–H and O–H groups in total. The zero-order chi connectivity index (χ0) is 10.7. The predicted molar refractivity (Wildman–Crippen MR) is 57.3 cm³/mol. The number of hydrogen-bond donors (Lipinski definition) is 1. The number of carbonyl (C=O) groups is 1. The standard InChI is InChI=1S/C12H13NO2/c14-12(15)6-3-7-13-8-10-4-1-2-5-11(10)9-13/h1-6H,7-9H2,(H,14,15)/b6-3+. The Labute approximate surface area is 88.6 Å². The summed E-state index contributed by atoms with van der Waals surface area (Å²) in [5.41, 5.74) is 2.70. The molecule has 2 rings (SSSR count). The van der Waals surface area contributed by atoms with Gasteiger partial charge in [0.15, 0.2) is 0 Å². The number of hydrogen-bond acceptors (Lipinski definition) is 2. The fourth-order valence-corrected chi connectivity index (χ4v) is 1.84. The Morgan fingerprint density at radius 2 is 1.93 bits per heavy atom. The maximum absolute atomic E-state index is 10.3. The number of carboxylic acids is 1. The monoisotopic (exact) mass is 203 g/mol. The molecule has 0 fully saturated rings. The summed E-state index contributed by atoms with van der Waals surface area (Å²) in [5, 5.41) is 8.46. The van der Waals surface area contributed by atoms with E-state index >= 15 is 0 Å². The Morgan fingerprint density at radius 1 is 1.33 bits per heavy atom. The molecule has 0 saturated carbocycles. The minimum Gasteiger partial charge on any atom is -0.478 e. The first kappa shape index (κ1) is 9.93. The van der Waals surface area contributed by atoms with Crippen molar-refractivity contribution in [3.8, 4) is 0 Å². The number of benzene rings is 1. The molecular weight excluding hydrogens is 190 g/mol. The number of rotatable bonds is 3. The van der Waals surface area contributed by atoms with Crippen molar-refractivity contribution in [3.05, 3.63) is 47.5 Å². The largest absolute Gasteiger partial charge is 0.478 e. The lowest BCUT2D eigenvalue weighted by atomic mass is 10.1. The molecule has 0 atom stereocenters. The third kappa shape index (κ3) is 2.44. The Kier molecular flexibility index (Phi) is 2.83. The second-order valence-electron chi connectivity index (χ2n) is 3.68. The van der Waals surface area contributed by atoms with Crippen LogP contribution in [0.25, 0.3) is 0 Å². The van der Waals surface area contributed by atoms with Crippen molar-refractivity contribution in [2.24, 2.45) is 0 Å². The smallest absolute Gasteiger partial charge is 0.328 e. The highest BCUT2D eigenvalue weighted by molar-refractivity contribution is 5.79. The van der Waals surface area contributed by atoms with Gasteiger partial charge in [-0.1, -0.05) is 30.3 Å². The van der Waals surface area contributed by atoms with Gasteiger partial charge in [0.1, 0.15) is 0 Å². The van der Waals surface area contributed by atoms with Crippen molar-refractivity contribution in [2.75, 3.05) is 6.54 Å². The topological polar surface area (TPSA) is 40.5 Å². The zero-order valence-corrected chi connectivity index (χ0v) is 8.39. The Morgan fingerprint density at radius 3 is 2.47 bits per heavy atom. The summed E-state index contributed by atoms with van der Waals surface area (Å²) in [6.45, 7) is 2.53. The van der Waals surface area contributed by atoms with Crippen LogP contribution in [0.4, 0.5) is 0 Å². The first-order valence-corrected chi connectivity index (χ1v) is 4.94. The summed E-state index contributed by atoms with van der Waals surface area (Å²) < 4.78 is 0. The summed E-state index contributed by atoms with van der Waals surface area (Å²) in [4.78, 5) is 12.5. The van der Waals surface area contributed by atoms with Gasteiger partial charge in [-0.05, 0) is 11.1 Å². The van der Waals surface area contributed by atoms with Crippen LogP contribution in [0.15, 0.2) is 36.4 Å². The molecule has 0 radical (unpaired) electrons. The van der Waals surface area contributed by atoms with Crippen LogP contribution in [0, 0.1) is 0 Å². The molecule has 1 aliphatic heterocycles. The highest BCUT2D eigenvalue weighted by Gasteiger charge is 2.16. The van der Waals surface area contributed by atoms with Crippen LogP contribution < -0.4 is 0 Å². The van der Waals surface area contributed by atoms with E-state index in [0.29, 0.717) is 6.54 Å². The molecule has 0 aliphatic carbocycles. The molecule has 0 saturated heterocycles. The minimum absolute atomic E-state index is 0.695. The molecule has 0 aromatic heterocycles. The van der Waals surface area contributed by atoms with Crippen LogP contribution in [0.1, 0.15) is 11.1 Å². The van der Waals surface area contributed by atoms with E-state index in [9.17, 15) is 4.79 Å². The fraction of sp³-hybridized carbons (Fsp3) is 0.250. The molecule has 0 bridgehead atoms. The molecular formula is C12H13NO2. The molecule has 15 heavy (non-hydrogen) atoms. The van der Waals surface area contributed by atoms with Gasteiger partial charge in [-0.25, -0.2) is 4.79 Å². The van der Waals surface area contributed by atoms with Crippen molar-refractivity contribution in [2.45, 2.75) is 13.1 Å².